The maximum absolute atomic E-state index is 14.0. The first-order chi connectivity index (χ1) is 12.2. The molecule has 0 bridgehead atoms. The normalized spacial score (nSPS) is 11.2. The van der Waals surface area contributed by atoms with Gasteiger partial charge >= 0.3 is 5.97 Å². The summed E-state index contributed by atoms with van der Waals surface area (Å²) in [5, 5.41) is 0.389. The minimum atomic E-state index is -4.19. The number of anilines is 1. The molecule has 0 aliphatic carbocycles. The maximum Gasteiger partial charge on any atom is 0.306 e. The molecule has 0 aromatic heterocycles. The number of nitrogens with one attached hydrogen (secondary N) is 1. The van der Waals surface area contributed by atoms with Crippen molar-refractivity contribution in [3.63, 3.8) is 0 Å². The Balaban J connectivity index is 2.27. The number of rotatable bonds is 7. The lowest BCUT2D eigenvalue weighted by atomic mass is 10.3. The fourth-order valence-electron chi connectivity index (χ4n) is 1.95. The lowest BCUT2D eigenvalue weighted by Crippen LogP contribution is -2.15. The monoisotopic (exact) mass is 437 g/mol. The summed E-state index contributed by atoms with van der Waals surface area (Å²) in [6, 6.07) is 7.88. The summed E-state index contributed by atoms with van der Waals surface area (Å²) in [6.07, 6.45) is 0.155. The van der Waals surface area contributed by atoms with E-state index < -0.39 is 20.7 Å². The number of thioether (sulfide) groups is 1. The van der Waals surface area contributed by atoms with Crippen LogP contribution in [0, 0.1) is 5.82 Å². The van der Waals surface area contributed by atoms with Gasteiger partial charge in [0.15, 0.2) is 0 Å². The predicted molar refractivity (Wildman–Crippen MR) is 101 cm³/mol. The van der Waals surface area contributed by atoms with Crippen LogP contribution in [0.3, 0.4) is 0 Å². The molecule has 140 valence electrons. The van der Waals surface area contributed by atoms with Crippen molar-refractivity contribution in [1.82, 2.24) is 0 Å². The molecule has 5 nitrogen and oxygen atoms in total. The van der Waals surface area contributed by atoms with Gasteiger partial charge in [-0.05, 0) is 36.4 Å². The lowest BCUT2D eigenvalue weighted by Gasteiger charge is -2.13. The number of carbonyl (C=O) groups excluding carboxylic acids is 1. The number of hydrogen-bond acceptors (Lipinski definition) is 5. The molecule has 2 aromatic carbocycles. The highest BCUT2D eigenvalue weighted by Crippen LogP contribution is 2.32. The van der Waals surface area contributed by atoms with Crippen LogP contribution >= 0.6 is 35.0 Å². The first kappa shape index (κ1) is 20.8. The molecule has 1 N–H and O–H groups in total. The van der Waals surface area contributed by atoms with E-state index in [0.717, 1.165) is 12.1 Å². The average molecular weight is 438 g/mol. The summed E-state index contributed by atoms with van der Waals surface area (Å²) in [5.74, 6) is -0.970. The van der Waals surface area contributed by atoms with Crippen LogP contribution in [-0.2, 0) is 19.6 Å². The van der Waals surface area contributed by atoms with E-state index in [1.165, 1.54) is 31.0 Å². The van der Waals surface area contributed by atoms with Crippen LogP contribution < -0.4 is 4.72 Å². The topological polar surface area (TPSA) is 72.5 Å². The van der Waals surface area contributed by atoms with E-state index in [4.69, 9.17) is 23.2 Å². The quantitative estimate of drug-likeness (QED) is 0.506. The van der Waals surface area contributed by atoms with Crippen molar-refractivity contribution in [2.45, 2.75) is 16.2 Å². The summed E-state index contributed by atoms with van der Waals surface area (Å²) >= 11 is 12.8. The molecule has 0 fully saturated rings. The van der Waals surface area contributed by atoms with Crippen molar-refractivity contribution in [3.8, 4) is 0 Å². The van der Waals surface area contributed by atoms with Crippen LogP contribution in [0.1, 0.15) is 6.42 Å². The molecule has 0 amide bonds. The first-order valence-electron chi connectivity index (χ1n) is 7.20. The second-order valence-electron chi connectivity index (χ2n) is 5.00. The second-order valence-corrected chi connectivity index (χ2v) is 8.66. The van der Waals surface area contributed by atoms with E-state index in [-0.39, 0.29) is 23.1 Å². The SMILES string of the molecule is COC(=O)CCSc1ccc(Cl)cc1NS(=O)(=O)c1ccc(Cl)cc1F. The zero-order chi connectivity index (χ0) is 19.3. The highest BCUT2D eigenvalue weighted by molar-refractivity contribution is 7.99. The Morgan fingerprint density at radius 2 is 1.85 bits per heavy atom. The smallest absolute Gasteiger partial charge is 0.306 e. The van der Waals surface area contributed by atoms with E-state index in [1.807, 2.05) is 0 Å². The number of methoxy groups -OCH3 is 1. The molecular weight excluding hydrogens is 424 g/mol. The highest BCUT2D eigenvalue weighted by Gasteiger charge is 2.21. The van der Waals surface area contributed by atoms with Crippen molar-refractivity contribution in [2.75, 3.05) is 17.6 Å². The van der Waals surface area contributed by atoms with Crippen LogP contribution in [0.4, 0.5) is 10.1 Å². The Morgan fingerprint density at radius 3 is 2.50 bits per heavy atom. The summed E-state index contributed by atoms with van der Waals surface area (Å²) in [5.41, 5.74) is 0.182. The van der Waals surface area contributed by atoms with Gasteiger partial charge in [-0.3, -0.25) is 9.52 Å². The Kier molecular flexibility index (Phi) is 7.16. The Hall–Kier alpha value is -1.48. The van der Waals surface area contributed by atoms with Crippen LogP contribution in [0.2, 0.25) is 10.0 Å². The summed E-state index contributed by atoms with van der Waals surface area (Å²) in [7, 11) is -2.91. The van der Waals surface area contributed by atoms with Crippen LogP contribution in [0.25, 0.3) is 0 Å². The molecule has 10 heteroatoms. The summed E-state index contributed by atoms with van der Waals surface area (Å²) in [6.45, 7) is 0. The number of hydrogen-bond donors (Lipinski definition) is 1. The molecular formula is C16H14Cl2FNO4S2. The number of carbonyl (C=O) groups is 1. The second kappa shape index (κ2) is 8.94. The molecule has 2 aromatic rings. The molecule has 0 atom stereocenters. The van der Waals surface area contributed by atoms with E-state index in [1.54, 1.807) is 12.1 Å². The highest BCUT2D eigenvalue weighted by atomic mass is 35.5. The molecule has 0 aliphatic heterocycles. The Morgan fingerprint density at radius 1 is 1.19 bits per heavy atom. The number of benzene rings is 2. The molecule has 0 aliphatic rings. The molecule has 0 saturated carbocycles. The predicted octanol–water partition coefficient (Wildman–Crippen LogP) is 4.59. The lowest BCUT2D eigenvalue weighted by molar-refractivity contribution is -0.140. The minimum absolute atomic E-state index is 0.0864. The Bertz CT molecular complexity index is 922. The van der Waals surface area contributed by atoms with Gasteiger partial charge in [-0.1, -0.05) is 23.2 Å². The molecule has 2 rings (SSSR count). The van der Waals surface area contributed by atoms with Crippen molar-refractivity contribution in [3.05, 3.63) is 52.3 Å². The molecule has 0 saturated heterocycles. The third kappa shape index (κ3) is 5.51. The third-order valence-corrected chi connectivity index (χ3v) is 6.10. The van der Waals surface area contributed by atoms with E-state index >= 15 is 0 Å². The standard InChI is InChI=1S/C16H14Cl2FNO4S2/c1-24-16(21)6-7-25-14-4-2-11(18)9-13(14)20-26(22,23)15-5-3-10(17)8-12(15)19/h2-5,8-9,20H,6-7H2,1H3. The fourth-order valence-corrected chi connectivity index (χ4v) is 4.39. The van der Waals surface area contributed by atoms with Crippen molar-refractivity contribution >= 4 is 56.6 Å². The van der Waals surface area contributed by atoms with Crippen molar-refractivity contribution in [2.24, 2.45) is 0 Å². The number of ether oxygens (including phenoxy) is 1. The summed E-state index contributed by atoms with van der Waals surface area (Å²) in [4.78, 5) is 11.2. The number of esters is 1. The van der Waals surface area contributed by atoms with Gasteiger partial charge in [0.25, 0.3) is 10.0 Å². The van der Waals surface area contributed by atoms with E-state index in [0.29, 0.717) is 15.7 Å². The van der Waals surface area contributed by atoms with Gasteiger partial charge in [0, 0.05) is 20.7 Å². The first-order valence-corrected chi connectivity index (χ1v) is 10.4. The average Bonchev–Trinajstić information content (AvgIpc) is 2.55. The zero-order valence-corrected chi connectivity index (χ0v) is 16.6. The summed E-state index contributed by atoms with van der Waals surface area (Å²) < 4.78 is 45.9. The van der Waals surface area contributed by atoms with Crippen LogP contribution in [0.5, 0.6) is 0 Å². The van der Waals surface area contributed by atoms with Gasteiger partial charge in [0.2, 0.25) is 0 Å². The number of halogens is 3. The van der Waals surface area contributed by atoms with E-state index in [9.17, 15) is 17.6 Å². The molecule has 0 unspecified atom stereocenters. The van der Waals surface area contributed by atoms with Gasteiger partial charge in [-0.15, -0.1) is 11.8 Å². The van der Waals surface area contributed by atoms with Gasteiger partial charge in [-0.25, -0.2) is 12.8 Å². The van der Waals surface area contributed by atoms with Gasteiger partial charge in [0.05, 0.1) is 19.2 Å². The molecule has 0 radical (unpaired) electrons. The maximum atomic E-state index is 14.0. The van der Waals surface area contributed by atoms with Crippen LogP contribution in [0.15, 0.2) is 46.2 Å². The van der Waals surface area contributed by atoms with Crippen molar-refractivity contribution < 1.29 is 22.3 Å². The Labute approximate surface area is 164 Å². The number of sulfonamides is 1. The minimum Gasteiger partial charge on any atom is -0.469 e. The van der Waals surface area contributed by atoms with Crippen LogP contribution in [-0.4, -0.2) is 27.2 Å². The van der Waals surface area contributed by atoms with Gasteiger partial charge in [-0.2, -0.15) is 0 Å². The molecule has 0 heterocycles. The van der Waals surface area contributed by atoms with E-state index in [2.05, 4.69) is 9.46 Å². The molecule has 26 heavy (non-hydrogen) atoms. The largest absolute Gasteiger partial charge is 0.469 e. The van der Waals surface area contributed by atoms with Gasteiger partial charge < -0.3 is 4.74 Å². The zero-order valence-electron chi connectivity index (χ0n) is 13.5. The third-order valence-electron chi connectivity index (χ3n) is 3.16. The fraction of sp³-hybridized carbons (Fsp3) is 0.188. The molecule has 0 spiro atoms. The van der Waals surface area contributed by atoms with Crippen molar-refractivity contribution in [1.29, 1.82) is 0 Å². The van der Waals surface area contributed by atoms with Gasteiger partial charge in [0.1, 0.15) is 10.7 Å².